The summed E-state index contributed by atoms with van der Waals surface area (Å²) in [5.41, 5.74) is 3.18. The van der Waals surface area contributed by atoms with E-state index >= 15 is 0 Å². The van der Waals surface area contributed by atoms with E-state index in [4.69, 9.17) is 14.8 Å². The summed E-state index contributed by atoms with van der Waals surface area (Å²) < 4.78 is 39.4. The van der Waals surface area contributed by atoms with Gasteiger partial charge >= 0.3 is 0 Å². The number of halogens is 1. The van der Waals surface area contributed by atoms with Crippen molar-refractivity contribution in [1.29, 1.82) is 10.0 Å². The van der Waals surface area contributed by atoms with Crippen molar-refractivity contribution in [3.8, 4) is 28.8 Å². The summed E-state index contributed by atoms with van der Waals surface area (Å²) in [5, 5.41) is 11.9. The van der Waals surface area contributed by atoms with E-state index in [2.05, 4.69) is 21.4 Å². The zero-order chi connectivity index (χ0) is 26.7. The van der Waals surface area contributed by atoms with E-state index in [1.54, 1.807) is 62.5 Å². The second kappa shape index (κ2) is 10.2. The molecule has 186 valence electrons. The van der Waals surface area contributed by atoms with Crippen molar-refractivity contribution in [3.63, 3.8) is 0 Å². The topological polar surface area (TPSA) is 129 Å². The van der Waals surface area contributed by atoms with Gasteiger partial charge in [-0.25, -0.2) is 19.0 Å². The van der Waals surface area contributed by atoms with Gasteiger partial charge in [0.25, 0.3) is 5.91 Å². The summed E-state index contributed by atoms with van der Waals surface area (Å²) >= 11 is 0. The Morgan fingerprint density at radius 3 is 2.51 bits per heavy atom. The van der Waals surface area contributed by atoms with Crippen LogP contribution in [0.3, 0.4) is 0 Å². The van der Waals surface area contributed by atoms with Gasteiger partial charge < -0.3 is 10.1 Å². The first kappa shape index (κ1) is 25.5. The molecule has 4 rings (SSSR count). The van der Waals surface area contributed by atoms with Crippen LogP contribution in [0.5, 0.6) is 11.6 Å². The average Bonchev–Trinajstić information content (AvgIpc) is 2.85. The minimum atomic E-state index is -2.99. The first-order valence-electron chi connectivity index (χ1n) is 11.0. The van der Waals surface area contributed by atoms with Gasteiger partial charge in [-0.05, 0) is 67.4 Å². The highest BCUT2D eigenvalue weighted by molar-refractivity contribution is 7.91. The molecule has 2 aromatic heterocycles. The van der Waals surface area contributed by atoms with E-state index in [1.165, 1.54) is 18.4 Å². The fourth-order valence-electron chi connectivity index (χ4n) is 3.68. The fraction of sp³-hybridized carbons (Fsp3) is 0.111. The summed E-state index contributed by atoms with van der Waals surface area (Å²) in [4.78, 5) is 22.0. The van der Waals surface area contributed by atoms with Gasteiger partial charge in [0.2, 0.25) is 11.8 Å². The monoisotopic (exact) mass is 515 g/mol. The third-order valence-electron chi connectivity index (χ3n) is 5.61. The average molecular weight is 516 g/mol. The van der Waals surface area contributed by atoms with Gasteiger partial charge in [-0.3, -0.25) is 4.79 Å². The molecule has 2 heterocycles. The zero-order valence-electron chi connectivity index (χ0n) is 20.2. The molecule has 0 radical (unpaired) electrons. The third kappa shape index (κ3) is 5.63. The molecule has 0 saturated heterocycles. The number of carbonyl (C=O) groups excluding carboxylic acids is 1. The lowest BCUT2D eigenvalue weighted by molar-refractivity contribution is 0.102. The van der Waals surface area contributed by atoms with Gasteiger partial charge in [-0.15, -0.1) is 0 Å². The Kier molecular flexibility index (Phi) is 7.00. The van der Waals surface area contributed by atoms with E-state index in [0.717, 1.165) is 11.6 Å². The number of nitrogens with one attached hydrogen (secondary N) is 2. The third-order valence-corrected chi connectivity index (χ3v) is 6.76. The highest BCUT2D eigenvalue weighted by Gasteiger charge is 2.22. The maximum atomic E-state index is 13.6. The highest BCUT2D eigenvalue weighted by atomic mass is 32.2. The van der Waals surface area contributed by atoms with Crippen LogP contribution in [-0.4, -0.2) is 26.3 Å². The van der Waals surface area contributed by atoms with E-state index < -0.39 is 21.6 Å². The number of amides is 1. The molecule has 0 aliphatic rings. The smallest absolute Gasteiger partial charge is 0.261 e. The van der Waals surface area contributed by atoms with Crippen LogP contribution in [0.1, 0.15) is 27.2 Å². The second-order valence-electron chi connectivity index (χ2n) is 8.31. The van der Waals surface area contributed by atoms with E-state index in [-0.39, 0.29) is 27.8 Å². The Hall–Kier alpha value is -4.62. The Bertz CT molecular complexity index is 1660. The molecule has 4 aromatic rings. The minimum absolute atomic E-state index is 0.0140. The lowest BCUT2D eigenvalue weighted by Gasteiger charge is -2.17. The zero-order valence-corrected chi connectivity index (χ0v) is 21.0. The van der Waals surface area contributed by atoms with E-state index in [9.17, 15) is 13.4 Å². The summed E-state index contributed by atoms with van der Waals surface area (Å²) in [6, 6.07) is 17.7. The molecular formula is C27H22FN5O3S. The number of hydrogen-bond donors (Lipinski definition) is 2. The molecule has 0 fully saturated rings. The molecular weight excluding hydrogens is 493 g/mol. The van der Waals surface area contributed by atoms with Crippen molar-refractivity contribution >= 4 is 21.3 Å². The standard InChI is InChI=1S/C27H22FN5O3S/c1-16-22(19-9-7-18(14-29)8-10-19)15-31-27(36-23-11-12-24(28)32-17(23)2)25(16)26(34)33-20-5-4-6-21(13-20)37(3,30)35/h4-13,15,30H,1-3H3,(H,33,34)/t37-/m1/s1. The number of nitriles is 1. The van der Waals surface area contributed by atoms with Gasteiger partial charge in [-0.1, -0.05) is 18.2 Å². The molecule has 0 aliphatic heterocycles. The summed E-state index contributed by atoms with van der Waals surface area (Å²) in [6.45, 7) is 3.32. The second-order valence-corrected chi connectivity index (χ2v) is 10.5. The lowest BCUT2D eigenvalue weighted by Crippen LogP contribution is -2.16. The van der Waals surface area contributed by atoms with Crippen LogP contribution in [0.25, 0.3) is 11.1 Å². The number of rotatable bonds is 6. The van der Waals surface area contributed by atoms with Crippen LogP contribution in [0, 0.1) is 35.9 Å². The Morgan fingerprint density at radius 1 is 1.14 bits per heavy atom. The van der Waals surface area contributed by atoms with Gasteiger partial charge in [0, 0.05) is 28.6 Å². The molecule has 0 unspecified atom stereocenters. The van der Waals surface area contributed by atoms with Gasteiger partial charge in [0.15, 0.2) is 5.75 Å². The van der Waals surface area contributed by atoms with Gasteiger partial charge in [0.1, 0.15) is 5.56 Å². The van der Waals surface area contributed by atoms with Crippen molar-refractivity contribution < 1.29 is 18.1 Å². The molecule has 8 nitrogen and oxygen atoms in total. The molecule has 2 aromatic carbocycles. The lowest BCUT2D eigenvalue weighted by atomic mass is 9.97. The molecule has 0 saturated carbocycles. The maximum absolute atomic E-state index is 13.6. The van der Waals surface area contributed by atoms with Crippen LogP contribution in [-0.2, 0) is 9.73 Å². The number of ether oxygens (including phenoxy) is 1. The van der Waals surface area contributed by atoms with Crippen molar-refractivity contribution in [2.75, 3.05) is 11.6 Å². The van der Waals surface area contributed by atoms with E-state index in [0.29, 0.717) is 22.4 Å². The predicted octanol–water partition coefficient (Wildman–Crippen LogP) is 5.85. The number of benzene rings is 2. The van der Waals surface area contributed by atoms with Crippen LogP contribution < -0.4 is 10.1 Å². The first-order chi connectivity index (χ1) is 17.6. The van der Waals surface area contributed by atoms with Gasteiger partial charge in [0.05, 0.1) is 27.1 Å². The van der Waals surface area contributed by atoms with Crippen LogP contribution >= 0.6 is 0 Å². The summed E-state index contributed by atoms with van der Waals surface area (Å²) in [7, 11) is -2.99. The molecule has 0 aliphatic carbocycles. The molecule has 37 heavy (non-hydrogen) atoms. The van der Waals surface area contributed by atoms with Crippen molar-refractivity contribution in [2.45, 2.75) is 18.7 Å². The molecule has 0 spiro atoms. The van der Waals surface area contributed by atoms with E-state index in [1.807, 2.05) is 0 Å². The summed E-state index contributed by atoms with van der Waals surface area (Å²) in [6.07, 6.45) is 2.86. The van der Waals surface area contributed by atoms with Crippen LogP contribution in [0.2, 0.25) is 0 Å². The number of aromatic nitrogens is 2. The summed E-state index contributed by atoms with van der Waals surface area (Å²) in [5.74, 6) is -0.993. The predicted molar refractivity (Wildman–Crippen MR) is 138 cm³/mol. The number of pyridine rings is 2. The van der Waals surface area contributed by atoms with Crippen LogP contribution in [0.4, 0.5) is 10.1 Å². The Balaban J connectivity index is 1.80. The normalized spacial score (nSPS) is 12.3. The number of carbonyl (C=O) groups is 1. The first-order valence-corrected chi connectivity index (χ1v) is 13.0. The molecule has 1 amide bonds. The van der Waals surface area contributed by atoms with Gasteiger partial charge in [-0.2, -0.15) is 9.65 Å². The Morgan fingerprint density at radius 2 is 1.86 bits per heavy atom. The molecule has 0 bridgehead atoms. The number of nitrogens with zero attached hydrogens (tertiary/aromatic N) is 3. The molecule has 10 heteroatoms. The van der Waals surface area contributed by atoms with Crippen LogP contribution in [0.15, 0.2) is 71.8 Å². The number of aryl methyl sites for hydroxylation is 1. The fourth-order valence-corrected chi connectivity index (χ4v) is 4.37. The SMILES string of the molecule is Cc1nc(F)ccc1Oc1ncc(-c2ccc(C#N)cc2)c(C)c1C(=O)Nc1cccc([S@](C)(=N)=O)c1. The quantitative estimate of drug-likeness (QED) is 0.310. The number of anilines is 1. The van der Waals surface area contributed by atoms with Crippen molar-refractivity contribution in [3.05, 3.63) is 95.2 Å². The number of hydrogen-bond acceptors (Lipinski definition) is 7. The Labute approximate surface area is 213 Å². The highest BCUT2D eigenvalue weighted by Crippen LogP contribution is 2.34. The van der Waals surface area contributed by atoms with Crippen molar-refractivity contribution in [1.82, 2.24) is 9.97 Å². The molecule has 2 N–H and O–H groups in total. The molecule has 1 atom stereocenters. The minimum Gasteiger partial charge on any atom is -0.436 e. The maximum Gasteiger partial charge on any atom is 0.261 e. The van der Waals surface area contributed by atoms with Crippen molar-refractivity contribution in [2.24, 2.45) is 0 Å². The largest absolute Gasteiger partial charge is 0.436 e.